The second-order valence-corrected chi connectivity index (χ2v) is 4.87. The van der Waals surface area contributed by atoms with Crippen LogP contribution in [0.2, 0.25) is 5.02 Å². The van der Waals surface area contributed by atoms with Gasteiger partial charge in [0.25, 0.3) is 0 Å². The van der Waals surface area contributed by atoms with Crippen molar-refractivity contribution in [2.45, 2.75) is 13.8 Å². The van der Waals surface area contributed by atoms with Crippen LogP contribution in [0, 0.1) is 13.8 Å². The molecule has 0 unspecified atom stereocenters. The predicted molar refractivity (Wildman–Crippen MR) is 77.2 cm³/mol. The summed E-state index contributed by atoms with van der Waals surface area (Å²) in [5.74, 6) is 0.490. The Labute approximate surface area is 118 Å². The van der Waals surface area contributed by atoms with Gasteiger partial charge >= 0.3 is 0 Å². The van der Waals surface area contributed by atoms with Crippen molar-refractivity contribution in [3.05, 3.63) is 64.2 Å². The van der Waals surface area contributed by atoms with E-state index in [9.17, 15) is 4.79 Å². The van der Waals surface area contributed by atoms with Gasteiger partial charge in [0.1, 0.15) is 5.75 Å². The van der Waals surface area contributed by atoms with Gasteiger partial charge < -0.3 is 4.74 Å². The molecule has 0 aliphatic heterocycles. The third-order valence-electron chi connectivity index (χ3n) is 2.89. The lowest BCUT2D eigenvalue weighted by Crippen LogP contribution is -2.13. The van der Waals surface area contributed by atoms with E-state index in [0.29, 0.717) is 16.3 Å². The van der Waals surface area contributed by atoms with Crippen molar-refractivity contribution >= 4 is 17.4 Å². The highest BCUT2D eigenvalue weighted by atomic mass is 35.5. The lowest BCUT2D eigenvalue weighted by Gasteiger charge is -2.09. The Kier molecular flexibility index (Phi) is 4.23. The number of hydrogen-bond donors (Lipinski definition) is 0. The fraction of sp³-hybridized carbons (Fsp3) is 0.188. The summed E-state index contributed by atoms with van der Waals surface area (Å²) in [5.41, 5.74) is 2.69. The smallest absolute Gasteiger partial charge is 0.200 e. The third kappa shape index (κ3) is 3.36. The molecule has 0 heterocycles. The second kappa shape index (κ2) is 5.89. The molecule has 0 saturated carbocycles. The van der Waals surface area contributed by atoms with Crippen LogP contribution in [-0.2, 0) is 0 Å². The molecule has 0 fully saturated rings. The van der Waals surface area contributed by atoms with E-state index in [4.69, 9.17) is 16.3 Å². The highest BCUT2D eigenvalue weighted by Crippen LogP contribution is 2.25. The first-order chi connectivity index (χ1) is 9.08. The summed E-state index contributed by atoms with van der Waals surface area (Å²) in [5, 5.41) is 0.526. The first kappa shape index (κ1) is 13.6. The molecular formula is C16H15ClO2. The topological polar surface area (TPSA) is 26.3 Å². The van der Waals surface area contributed by atoms with Crippen molar-refractivity contribution in [3.8, 4) is 5.75 Å². The number of aryl methyl sites for hydroxylation is 2. The summed E-state index contributed by atoms with van der Waals surface area (Å²) in [7, 11) is 0. The van der Waals surface area contributed by atoms with E-state index in [0.717, 1.165) is 11.1 Å². The average Bonchev–Trinajstić information content (AvgIpc) is 2.38. The van der Waals surface area contributed by atoms with E-state index in [1.165, 1.54) is 0 Å². The Hall–Kier alpha value is -1.80. The number of carbonyl (C=O) groups excluding carboxylic acids is 1. The molecule has 2 nitrogen and oxygen atoms in total. The molecule has 2 aromatic carbocycles. The van der Waals surface area contributed by atoms with Gasteiger partial charge in [-0.3, -0.25) is 4.79 Å². The monoisotopic (exact) mass is 274 g/mol. The molecule has 0 aliphatic carbocycles. The van der Waals surface area contributed by atoms with Crippen molar-refractivity contribution in [3.63, 3.8) is 0 Å². The molecule has 2 rings (SSSR count). The van der Waals surface area contributed by atoms with Gasteiger partial charge in [0.05, 0.1) is 5.02 Å². The summed E-state index contributed by atoms with van der Waals surface area (Å²) in [6.07, 6.45) is 0. The Morgan fingerprint density at radius 1 is 1.16 bits per heavy atom. The first-order valence-corrected chi connectivity index (χ1v) is 6.43. The largest absolute Gasteiger partial charge is 0.484 e. The number of ketones is 1. The molecule has 0 aliphatic rings. The van der Waals surface area contributed by atoms with E-state index < -0.39 is 0 Å². The molecule has 0 spiro atoms. The molecule has 0 bridgehead atoms. The molecule has 0 aromatic heterocycles. The Morgan fingerprint density at radius 3 is 2.58 bits per heavy atom. The van der Waals surface area contributed by atoms with Crippen LogP contribution in [0.3, 0.4) is 0 Å². The fourth-order valence-corrected chi connectivity index (χ4v) is 2.12. The van der Waals surface area contributed by atoms with Gasteiger partial charge in [0.2, 0.25) is 0 Å². The Balaban J connectivity index is 2.07. The lowest BCUT2D eigenvalue weighted by molar-refractivity contribution is 0.0921. The van der Waals surface area contributed by atoms with E-state index in [-0.39, 0.29) is 12.4 Å². The zero-order valence-corrected chi connectivity index (χ0v) is 11.7. The fourth-order valence-electron chi connectivity index (χ4n) is 1.83. The van der Waals surface area contributed by atoms with E-state index in [2.05, 4.69) is 0 Å². The standard InChI is InChI=1S/C16H15ClO2/c1-11-7-8-16(14(17)9-11)19-10-15(18)13-6-4-3-5-12(13)2/h3-9H,10H2,1-2H3. The first-order valence-electron chi connectivity index (χ1n) is 6.05. The molecule has 0 N–H and O–H groups in total. The molecule has 0 saturated heterocycles. The maximum atomic E-state index is 12.0. The van der Waals surface area contributed by atoms with Crippen LogP contribution >= 0.6 is 11.6 Å². The molecule has 2 aromatic rings. The summed E-state index contributed by atoms with van der Waals surface area (Å²) < 4.78 is 5.48. The summed E-state index contributed by atoms with van der Waals surface area (Å²) in [6, 6.07) is 13.0. The number of benzene rings is 2. The highest BCUT2D eigenvalue weighted by molar-refractivity contribution is 6.32. The van der Waals surface area contributed by atoms with Crippen LogP contribution in [0.15, 0.2) is 42.5 Å². The molecule has 0 atom stereocenters. The maximum absolute atomic E-state index is 12.0. The zero-order chi connectivity index (χ0) is 13.8. The lowest BCUT2D eigenvalue weighted by atomic mass is 10.1. The molecule has 19 heavy (non-hydrogen) atoms. The molecule has 98 valence electrons. The number of Topliss-reactive ketones (excluding diaryl/α,β-unsaturated/α-hetero) is 1. The maximum Gasteiger partial charge on any atom is 0.200 e. The molecular weight excluding hydrogens is 260 g/mol. The Bertz CT molecular complexity index is 605. The SMILES string of the molecule is Cc1ccc(OCC(=O)c2ccccc2C)c(Cl)c1. The number of carbonyl (C=O) groups is 1. The van der Waals surface area contributed by atoms with Crippen molar-refractivity contribution in [1.82, 2.24) is 0 Å². The minimum absolute atomic E-state index is 0.00632. The van der Waals surface area contributed by atoms with E-state index in [1.54, 1.807) is 12.1 Å². The second-order valence-electron chi connectivity index (χ2n) is 4.46. The van der Waals surface area contributed by atoms with Gasteiger partial charge in [-0.2, -0.15) is 0 Å². The summed E-state index contributed by atoms with van der Waals surface area (Å²) in [6.45, 7) is 3.86. The van der Waals surface area contributed by atoms with E-state index >= 15 is 0 Å². The normalized spacial score (nSPS) is 10.3. The predicted octanol–water partition coefficient (Wildman–Crippen LogP) is 4.22. The minimum Gasteiger partial charge on any atom is -0.484 e. The minimum atomic E-state index is -0.0465. The quantitative estimate of drug-likeness (QED) is 0.781. The summed E-state index contributed by atoms with van der Waals surface area (Å²) in [4.78, 5) is 12.0. The highest BCUT2D eigenvalue weighted by Gasteiger charge is 2.10. The summed E-state index contributed by atoms with van der Waals surface area (Å²) >= 11 is 6.05. The number of ether oxygens (including phenoxy) is 1. The van der Waals surface area contributed by atoms with Crippen LogP contribution in [0.1, 0.15) is 21.5 Å². The molecule has 0 amide bonds. The van der Waals surface area contributed by atoms with Gasteiger partial charge in [-0.15, -0.1) is 0 Å². The molecule has 0 radical (unpaired) electrons. The van der Waals surface area contributed by atoms with Gasteiger partial charge in [-0.1, -0.05) is 41.9 Å². The van der Waals surface area contributed by atoms with Gasteiger partial charge in [-0.05, 0) is 37.1 Å². The van der Waals surface area contributed by atoms with E-state index in [1.807, 2.05) is 44.2 Å². The van der Waals surface area contributed by atoms with Gasteiger partial charge in [-0.25, -0.2) is 0 Å². The Morgan fingerprint density at radius 2 is 1.89 bits per heavy atom. The van der Waals surface area contributed by atoms with Crippen molar-refractivity contribution in [2.24, 2.45) is 0 Å². The van der Waals surface area contributed by atoms with Crippen molar-refractivity contribution < 1.29 is 9.53 Å². The van der Waals surface area contributed by atoms with Crippen LogP contribution in [0.4, 0.5) is 0 Å². The number of hydrogen-bond acceptors (Lipinski definition) is 2. The van der Waals surface area contributed by atoms with Crippen LogP contribution in [-0.4, -0.2) is 12.4 Å². The van der Waals surface area contributed by atoms with Gasteiger partial charge in [0, 0.05) is 5.56 Å². The van der Waals surface area contributed by atoms with Crippen LogP contribution in [0.5, 0.6) is 5.75 Å². The molecule has 3 heteroatoms. The zero-order valence-electron chi connectivity index (χ0n) is 10.9. The van der Waals surface area contributed by atoms with Crippen LogP contribution < -0.4 is 4.74 Å². The van der Waals surface area contributed by atoms with Gasteiger partial charge in [0.15, 0.2) is 12.4 Å². The van der Waals surface area contributed by atoms with Crippen LogP contribution in [0.25, 0.3) is 0 Å². The van der Waals surface area contributed by atoms with Crippen molar-refractivity contribution in [1.29, 1.82) is 0 Å². The average molecular weight is 275 g/mol. The number of rotatable bonds is 4. The third-order valence-corrected chi connectivity index (χ3v) is 3.19. The number of halogens is 1. The van der Waals surface area contributed by atoms with Crippen molar-refractivity contribution in [2.75, 3.05) is 6.61 Å².